The molecular formula is C35H39N5O5. The number of phenols is 1. The van der Waals surface area contributed by atoms with Crippen molar-refractivity contribution in [3.05, 3.63) is 70.6 Å². The lowest BCUT2D eigenvalue weighted by molar-refractivity contribution is 0.100. The zero-order chi connectivity index (χ0) is 31.5. The van der Waals surface area contributed by atoms with E-state index in [1.807, 2.05) is 35.2 Å². The van der Waals surface area contributed by atoms with Gasteiger partial charge in [-0.25, -0.2) is 4.98 Å². The number of ether oxygens (including phenoxy) is 1. The SMILES string of the molecule is CC(=O)c1cc2cnc(Nc3cccc(-c4ccc(O)c5c(=O)cc(N6CCOCC6)oc45)c3)nc2n1C1CCCC1.CCC. The summed E-state index contributed by atoms with van der Waals surface area (Å²) in [6.45, 7) is 8.18. The number of nitrogens with one attached hydrogen (secondary N) is 1. The van der Waals surface area contributed by atoms with Crippen molar-refractivity contribution in [2.75, 3.05) is 36.5 Å². The molecule has 45 heavy (non-hydrogen) atoms. The summed E-state index contributed by atoms with van der Waals surface area (Å²) in [6.07, 6.45) is 7.35. The van der Waals surface area contributed by atoms with Crippen molar-refractivity contribution in [3.63, 3.8) is 0 Å². The first-order chi connectivity index (χ1) is 21.9. The van der Waals surface area contributed by atoms with Crippen LogP contribution in [0.1, 0.15) is 69.4 Å². The van der Waals surface area contributed by atoms with Crippen molar-refractivity contribution in [1.82, 2.24) is 14.5 Å². The summed E-state index contributed by atoms with van der Waals surface area (Å²) in [4.78, 5) is 36.9. The van der Waals surface area contributed by atoms with E-state index >= 15 is 0 Å². The number of nitrogens with zero attached hydrogens (tertiary/aromatic N) is 4. The molecule has 10 heteroatoms. The second kappa shape index (κ2) is 13.1. The lowest BCUT2D eigenvalue weighted by Crippen LogP contribution is -2.36. The van der Waals surface area contributed by atoms with Crippen LogP contribution in [0, 0.1) is 0 Å². The summed E-state index contributed by atoms with van der Waals surface area (Å²) < 4.78 is 13.8. The molecule has 0 unspecified atom stereocenters. The Balaban J connectivity index is 0.00000115. The van der Waals surface area contributed by atoms with E-state index in [2.05, 4.69) is 28.7 Å². The van der Waals surface area contributed by atoms with E-state index in [4.69, 9.17) is 14.1 Å². The summed E-state index contributed by atoms with van der Waals surface area (Å²) in [7, 11) is 0. The molecule has 0 spiro atoms. The largest absolute Gasteiger partial charge is 0.507 e. The summed E-state index contributed by atoms with van der Waals surface area (Å²) in [5.74, 6) is 0.770. The van der Waals surface area contributed by atoms with Gasteiger partial charge in [-0.1, -0.05) is 45.2 Å². The van der Waals surface area contributed by atoms with Gasteiger partial charge >= 0.3 is 0 Å². The van der Waals surface area contributed by atoms with Gasteiger partial charge in [0, 0.05) is 55.0 Å². The summed E-state index contributed by atoms with van der Waals surface area (Å²) in [5.41, 5.74) is 3.65. The number of fused-ring (bicyclic) bond motifs is 2. The Kier molecular flexibility index (Phi) is 8.84. The number of aromatic nitrogens is 3. The van der Waals surface area contributed by atoms with Crippen LogP contribution in [0.4, 0.5) is 17.5 Å². The molecule has 4 heterocycles. The molecule has 2 N–H and O–H groups in total. The standard InChI is InChI=1S/C32H31N5O5.C3H8/c1-19(38)25-16-21-18-33-32(35-31(21)37(25)23-7-2-3-8-23)34-22-6-4-5-20(15-22)24-9-10-26(39)29-27(40)17-28(42-30(24)29)36-11-13-41-14-12-36;1-3-2/h4-6,9-10,15-18,23,39H,2-3,7-8,11-14H2,1H3,(H,33,34,35);3H2,1-2H3. The second-order valence-corrected chi connectivity index (χ2v) is 11.7. The number of benzene rings is 2. The number of ketones is 1. The minimum absolute atomic E-state index is 0.0201. The molecular weight excluding hydrogens is 570 g/mol. The average molecular weight is 610 g/mol. The third kappa shape index (κ3) is 6.15. The van der Waals surface area contributed by atoms with E-state index in [1.54, 1.807) is 19.2 Å². The van der Waals surface area contributed by atoms with E-state index in [9.17, 15) is 14.7 Å². The van der Waals surface area contributed by atoms with Gasteiger partial charge in [-0.3, -0.25) is 9.59 Å². The lowest BCUT2D eigenvalue weighted by atomic mass is 10.0. The van der Waals surface area contributed by atoms with E-state index in [0.29, 0.717) is 55.0 Å². The number of Topliss-reactive ketones (excluding diaryl/α,β-unsaturated/α-hetero) is 1. The van der Waals surface area contributed by atoms with Crippen LogP contribution in [0.25, 0.3) is 33.1 Å². The van der Waals surface area contributed by atoms with Crippen molar-refractivity contribution in [2.45, 2.75) is 58.9 Å². The van der Waals surface area contributed by atoms with Gasteiger partial charge in [0.25, 0.3) is 0 Å². The molecule has 0 bridgehead atoms. The van der Waals surface area contributed by atoms with Crippen molar-refractivity contribution >= 4 is 45.3 Å². The Hall–Kier alpha value is -4.70. The number of rotatable bonds is 6. The molecule has 1 aliphatic heterocycles. The number of carbonyl (C=O) groups excluding carboxylic acids is 1. The number of hydrogen-bond donors (Lipinski definition) is 2. The lowest BCUT2D eigenvalue weighted by Gasteiger charge is -2.27. The Morgan fingerprint density at radius 1 is 1.07 bits per heavy atom. The second-order valence-electron chi connectivity index (χ2n) is 11.7. The van der Waals surface area contributed by atoms with Crippen LogP contribution in [-0.4, -0.2) is 51.7 Å². The first-order valence-corrected chi connectivity index (χ1v) is 15.8. The number of anilines is 3. The number of carbonyl (C=O) groups is 1. The molecule has 0 atom stereocenters. The molecule has 234 valence electrons. The predicted octanol–water partition coefficient (Wildman–Crippen LogP) is 7.22. The highest BCUT2D eigenvalue weighted by Gasteiger charge is 2.25. The number of hydrogen-bond acceptors (Lipinski definition) is 9. The molecule has 2 fully saturated rings. The first-order valence-electron chi connectivity index (χ1n) is 15.8. The van der Waals surface area contributed by atoms with Crippen molar-refractivity contribution in [2.24, 2.45) is 0 Å². The number of aromatic hydroxyl groups is 1. The van der Waals surface area contributed by atoms with Crippen LogP contribution in [0.2, 0.25) is 0 Å². The summed E-state index contributed by atoms with van der Waals surface area (Å²) in [6, 6.07) is 14.5. The Morgan fingerprint density at radius 2 is 1.82 bits per heavy atom. The zero-order valence-corrected chi connectivity index (χ0v) is 26.0. The smallest absolute Gasteiger partial charge is 0.229 e. The highest BCUT2D eigenvalue weighted by Crippen LogP contribution is 2.37. The minimum Gasteiger partial charge on any atom is -0.507 e. The Bertz CT molecular complexity index is 1900. The van der Waals surface area contributed by atoms with Gasteiger partial charge in [-0.05, 0) is 48.7 Å². The molecule has 7 rings (SSSR count). The molecule has 1 saturated carbocycles. The fourth-order valence-electron chi connectivity index (χ4n) is 6.17. The van der Waals surface area contributed by atoms with E-state index in [0.717, 1.165) is 48.0 Å². The molecule has 0 radical (unpaired) electrons. The van der Waals surface area contributed by atoms with Gasteiger partial charge in [-0.15, -0.1) is 0 Å². The Labute approximate surface area is 261 Å². The molecule has 5 aromatic rings. The highest BCUT2D eigenvalue weighted by atomic mass is 16.5. The molecule has 1 saturated heterocycles. The minimum atomic E-state index is -0.303. The van der Waals surface area contributed by atoms with E-state index in [1.165, 1.54) is 18.6 Å². The number of morpholine rings is 1. The maximum absolute atomic E-state index is 13.1. The van der Waals surface area contributed by atoms with Gasteiger partial charge < -0.3 is 29.0 Å². The fourth-order valence-corrected chi connectivity index (χ4v) is 6.17. The zero-order valence-electron chi connectivity index (χ0n) is 26.0. The van der Waals surface area contributed by atoms with Crippen LogP contribution in [-0.2, 0) is 4.74 Å². The van der Waals surface area contributed by atoms with Crippen LogP contribution in [0.5, 0.6) is 5.75 Å². The topological polar surface area (TPSA) is 123 Å². The van der Waals surface area contributed by atoms with Crippen LogP contribution >= 0.6 is 0 Å². The molecule has 2 aromatic carbocycles. The quantitative estimate of drug-likeness (QED) is 0.192. The van der Waals surface area contributed by atoms with E-state index in [-0.39, 0.29) is 28.4 Å². The highest BCUT2D eigenvalue weighted by molar-refractivity contribution is 5.98. The maximum Gasteiger partial charge on any atom is 0.229 e. The molecule has 3 aromatic heterocycles. The van der Waals surface area contributed by atoms with Gasteiger partial charge in [0.15, 0.2) is 22.7 Å². The van der Waals surface area contributed by atoms with Crippen LogP contribution < -0.4 is 15.6 Å². The molecule has 0 amide bonds. The van der Waals surface area contributed by atoms with Gasteiger partial charge in [0.1, 0.15) is 16.8 Å². The normalized spacial score (nSPS) is 15.3. The van der Waals surface area contributed by atoms with Crippen molar-refractivity contribution in [3.8, 4) is 16.9 Å². The van der Waals surface area contributed by atoms with Gasteiger partial charge in [0.05, 0.1) is 18.9 Å². The van der Waals surface area contributed by atoms with Crippen molar-refractivity contribution < 1.29 is 19.1 Å². The van der Waals surface area contributed by atoms with E-state index < -0.39 is 0 Å². The van der Waals surface area contributed by atoms with Crippen LogP contribution in [0.3, 0.4) is 0 Å². The van der Waals surface area contributed by atoms with Crippen LogP contribution in [0.15, 0.2) is 63.9 Å². The number of phenolic OH excluding ortho intramolecular Hbond substituents is 1. The monoisotopic (exact) mass is 609 g/mol. The average Bonchev–Trinajstić information content (AvgIpc) is 3.70. The van der Waals surface area contributed by atoms with Gasteiger partial charge in [-0.2, -0.15) is 4.98 Å². The first kappa shape index (κ1) is 30.3. The fraction of sp³-hybridized carbons (Fsp3) is 0.371. The molecule has 10 nitrogen and oxygen atoms in total. The predicted molar refractivity (Wildman–Crippen MR) is 177 cm³/mol. The molecule has 1 aliphatic carbocycles. The van der Waals surface area contributed by atoms with Gasteiger partial charge in [0.2, 0.25) is 5.95 Å². The summed E-state index contributed by atoms with van der Waals surface area (Å²) >= 11 is 0. The summed E-state index contributed by atoms with van der Waals surface area (Å²) in [5, 5.41) is 14.8. The Morgan fingerprint density at radius 3 is 2.56 bits per heavy atom. The third-order valence-corrected chi connectivity index (χ3v) is 8.22. The maximum atomic E-state index is 13.1. The molecule has 2 aliphatic rings. The van der Waals surface area contributed by atoms with Crippen molar-refractivity contribution in [1.29, 1.82) is 0 Å². The third-order valence-electron chi connectivity index (χ3n) is 8.22.